The number of anilines is 1. The molecule has 1 atom stereocenters. The number of nitrogens with one attached hydrogen (secondary N) is 1. The predicted molar refractivity (Wildman–Crippen MR) is 99.1 cm³/mol. The first-order valence-corrected chi connectivity index (χ1v) is 8.68. The van der Waals surface area contributed by atoms with Crippen LogP contribution in [0.25, 0.3) is 0 Å². The third-order valence-electron chi connectivity index (χ3n) is 3.28. The Balaban J connectivity index is 2.10. The van der Waals surface area contributed by atoms with Gasteiger partial charge in [0.25, 0.3) is 5.91 Å². The SMILES string of the molecule is CC(OC(=O)c1ccc(I)cc1)C(=O)Nc1ccc(Cl)cc1C(F)(F)F. The molecule has 2 aromatic carbocycles. The first-order chi connectivity index (χ1) is 12.1. The summed E-state index contributed by atoms with van der Waals surface area (Å²) in [6, 6.07) is 9.38. The van der Waals surface area contributed by atoms with Gasteiger partial charge in [0, 0.05) is 8.59 Å². The molecule has 1 amide bonds. The summed E-state index contributed by atoms with van der Waals surface area (Å²) >= 11 is 7.65. The molecule has 0 aliphatic heterocycles. The van der Waals surface area contributed by atoms with Crippen molar-refractivity contribution < 1.29 is 27.5 Å². The molecule has 1 N–H and O–H groups in total. The van der Waals surface area contributed by atoms with E-state index in [2.05, 4.69) is 27.9 Å². The van der Waals surface area contributed by atoms with E-state index in [4.69, 9.17) is 16.3 Å². The summed E-state index contributed by atoms with van der Waals surface area (Å²) in [5.74, 6) is -1.65. The summed E-state index contributed by atoms with van der Waals surface area (Å²) in [5.41, 5.74) is -1.33. The molecule has 26 heavy (non-hydrogen) atoms. The van der Waals surface area contributed by atoms with Gasteiger partial charge in [0.15, 0.2) is 6.10 Å². The molecule has 138 valence electrons. The maximum absolute atomic E-state index is 13.0. The Morgan fingerprint density at radius 2 is 1.77 bits per heavy atom. The third-order valence-corrected chi connectivity index (χ3v) is 4.23. The molecule has 0 heterocycles. The lowest BCUT2D eigenvalue weighted by molar-refractivity contribution is -0.137. The van der Waals surface area contributed by atoms with Gasteiger partial charge in [0.2, 0.25) is 0 Å². The fourth-order valence-corrected chi connectivity index (χ4v) is 2.49. The van der Waals surface area contributed by atoms with Gasteiger partial charge < -0.3 is 10.1 Å². The van der Waals surface area contributed by atoms with Crippen LogP contribution in [0.1, 0.15) is 22.8 Å². The molecular weight excluding hydrogens is 486 g/mol. The van der Waals surface area contributed by atoms with Crippen molar-refractivity contribution in [1.29, 1.82) is 0 Å². The summed E-state index contributed by atoms with van der Waals surface area (Å²) in [5, 5.41) is 2.00. The van der Waals surface area contributed by atoms with E-state index in [9.17, 15) is 22.8 Å². The average molecular weight is 498 g/mol. The van der Waals surface area contributed by atoms with Crippen LogP contribution in [0.15, 0.2) is 42.5 Å². The number of hydrogen-bond donors (Lipinski definition) is 1. The van der Waals surface area contributed by atoms with Gasteiger partial charge >= 0.3 is 12.1 Å². The Kier molecular flexibility index (Phi) is 6.51. The van der Waals surface area contributed by atoms with Gasteiger partial charge in [-0.1, -0.05) is 11.6 Å². The van der Waals surface area contributed by atoms with Crippen LogP contribution in [0.4, 0.5) is 18.9 Å². The smallest absolute Gasteiger partial charge is 0.418 e. The maximum Gasteiger partial charge on any atom is 0.418 e. The van der Waals surface area contributed by atoms with Crippen molar-refractivity contribution in [3.05, 3.63) is 62.2 Å². The van der Waals surface area contributed by atoms with E-state index in [1.807, 2.05) is 0 Å². The second-order valence-electron chi connectivity index (χ2n) is 5.23. The Morgan fingerprint density at radius 1 is 1.15 bits per heavy atom. The molecule has 2 rings (SSSR count). The topological polar surface area (TPSA) is 55.4 Å². The minimum Gasteiger partial charge on any atom is -0.449 e. The van der Waals surface area contributed by atoms with Crippen molar-refractivity contribution in [2.24, 2.45) is 0 Å². The average Bonchev–Trinajstić information content (AvgIpc) is 2.56. The number of amides is 1. The summed E-state index contributed by atoms with van der Waals surface area (Å²) in [6.45, 7) is 1.27. The molecule has 0 bridgehead atoms. The minimum atomic E-state index is -4.70. The molecule has 0 spiro atoms. The van der Waals surface area contributed by atoms with Crippen molar-refractivity contribution in [3.63, 3.8) is 0 Å². The number of rotatable bonds is 4. The van der Waals surface area contributed by atoms with Crippen molar-refractivity contribution in [2.45, 2.75) is 19.2 Å². The van der Waals surface area contributed by atoms with Crippen LogP contribution < -0.4 is 5.32 Å². The molecule has 0 saturated carbocycles. The first kappa shape index (κ1) is 20.5. The number of hydrogen-bond acceptors (Lipinski definition) is 3. The first-order valence-electron chi connectivity index (χ1n) is 7.22. The lowest BCUT2D eigenvalue weighted by atomic mass is 10.1. The minimum absolute atomic E-state index is 0.117. The van der Waals surface area contributed by atoms with Crippen molar-refractivity contribution in [3.8, 4) is 0 Å². The highest BCUT2D eigenvalue weighted by molar-refractivity contribution is 14.1. The van der Waals surface area contributed by atoms with Gasteiger partial charge in [0.1, 0.15) is 0 Å². The largest absolute Gasteiger partial charge is 0.449 e. The van der Waals surface area contributed by atoms with Crippen LogP contribution in [0.3, 0.4) is 0 Å². The number of ether oxygens (including phenoxy) is 1. The normalized spacial score (nSPS) is 12.4. The third kappa shape index (κ3) is 5.34. The van der Waals surface area contributed by atoms with E-state index < -0.39 is 35.4 Å². The van der Waals surface area contributed by atoms with Crippen LogP contribution in [0, 0.1) is 3.57 Å². The Hall–Kier alpha value is -1.81. The summed E-state index contributed by atoms with van der Waals surface area (Å²) in [4.78, 5) is 24.1. The van der Waals surface area contributed by atoms with E-state index in [1.54, 1.807) is 12.1 Å². The van der Waals surface area contributed by atoms with Crippen LogP contribution in [0.2, 0.25) is 5.02 Å². The van der Waals surface area contributed by atoms with E-state index in [1.165, 1.54) is 25.1 Å². The number of alkyl halides is 3. The molecule has 0 saturated heterocycles. The number of benzene rings is 2. The fourth-order valence-electron chi connectivity index (χ4n) is 1.96. The van der Waals surface area contributed by atoms with E-state index in [0.717, 1.165) is 9.64 Å². The summed E-state index contributed by atoms with van der Waals surface area (Å²) in [6.07, 6.45) is -5.99. The Labute approximate surface area is 165 Å². The number of esters is 1. The monoisotopic (exact) mass is 497 g/mol. The zero-order valence-electron chi connectivity index (χ0n) is 13.2. The predicted octanol–water partition coefficient (Wildman–Crippen LogP) is 5.15. The lowest BCUT2D eigenvalue weighted by Gasteiger charge is -2.17. The summed E-state index contributed by atoms with van der Waals surface area (Å²) in [7, 11) is 0. The van der Waals surface area contributed by atoms with E-state index in [0.29, 0.717) is 6.07 Å². The maximum atomic E-state index is 13.0. The van der Waals surface area contributed by atoms with Gasteiger partial charge in [0.05, 0.1) is 16.8 Å². The van der Waals surface area contributed by atoms with E-state index >= 15 is 0 Å². The van der Waals surface area contributed by atoms with Crippen molar-refractivity contribution in [2.75, 3.05) is 5.32 Å². The molecule has 0 aliphatic rings. The number of carbonyl (C=O) groups is 2. The standard InChI is InChI=1S/C17H12ClF3INO3/c1-9(26-16(25)10-2-5-12(22)6-3-10)15(24)23-14-7-4-11(18)8-13(14)17(19,20)21/h2-9H,1H3,(H,23,24). The molecule has 4 nitrogen and oxygen atoms in total. The second kappa shape index (κ2) is 8.26. The molecule has 0 fully saturated rings. The number of carbonyl (C=O) groups excluding carboxylic acids is 2. The summed E-state index contributed by atoms with van der Waals surface area (Å²) < 4.78 is 45.1. The molecular formula is C17H12ClF3INO3. The van der Waals surface area contributed by atoms with Crippen LogP contribution in [-0.2, 0) is 15.7 Å². The molecule has 9 heteroatoms. The highest BCUT2D eigenvalue weighted by Crippen LogP contribution is 2.36. The van der Waals surface area contributed by atoms with Gasteiger partial charge in [-0.2, -0.15) is 13.2 Å². The molecule has 0 aromatic heterocycles. The number of halogens is 5. The highest BCUT2D eigenvalue weighted by Gasteiger charge is 2.34. The van der Waals surface area contributed by atoms with Crippen molar-refractivity contribution in [1.82, 2.24) is 0 Å². The fraction of sp³-hybridized carbons (Fsp3) is 0.176. The lowest BCUT2D eigenvalue weighted by Crippen LogP contribution is -2.30. The van der Waals surface area contributed by atoms with Crippen molar-refractivity contribution >= 4 is 51.8 Å². The van der Waals surface area contributed by atoms with Crippen LogP contribution in [-0.4, -0.2) is 18.0 Å². The zero-order chi connectivity index (χ0) is 19.5. The van der Waals surface area contributed by atoms with Crippen LogP contribution in [0.5, 0.6) is 0 Å². The quantitative estimate of drug-likeness (QED) is 0.470. The zero-order valence-corrected chi connectivity index (χ0v) is 16.1. The van der Waals surface area contributed by atoms with Crippen LogP contribution >= 0.6 is 34.2 Å². The molecule has 0 radical (unpaired) electrons. The van der Waals surface area contributed by atoms with Gasteiger partial charge in [-0.25, -0.2) is 4.79 Å². The van der Waals surface area contributed by atoms with E-state index in [-0.39, 0.29) is 10.6 Å². The highest BCUT2D eigenvalue weighted by atomic mass is 127. The molecule has 1 unspecified atom stereocenters. The molecule has 2 aromatic rings. The van der Waals surface area contributed by atoms with Gasteiger partial charge in [-0.05, 0) is 72.0 Å². The molecule has 0 aliphatic carbocycles. The second-order valence-corrected chi connectivity index (χ2v) is 6.91. The van der Waals surface area contributed by atoms with Gasteiger partial charge in [-0.15, -0.1) is 0 Å². The Morgan fingerprint density at radius 3 is 2.35 bits per heavy atom. The Bertz CT molecular complexity index is 825. The van der Waals surface area contributed by atoms with Gasteiger partial charge in [-0.3, -0.25) is 4.79 Å².